The largest absolute Gasteiger partial charge is 0.232 e. The van der Waals surface area contributed by atoms with Crippen LogP contribution in [0.2, 0.25) is 0 Å². The van der Waals surface area contributed by atoms with Gasteiger partial charge in [0.25, 0.3) is 0 Å². The summed E-state index contributed by atoms with van der Waals surface area (Å²) >= 11 is 0. The molecule has 0 radical (unpaired) electrons. The molecule has 0 saturated carbocycles. The normalized spacial score (nSPS) is 5.67. The minimum atomic E-state index is -2.12. The van der Waals surface area contributed by atoms with Gasteiger partial charge in [-0.1, -0.05) is 0 Å². The molecule has 0 rings (SSSR count). The SMILES string of the molecule is C[SH](=O)=O.Cl.Cl. The van der Waals surface area contributed by atoms with Gasteiger partial charge in [0.05, 0.1) is 0 Å². The number of hydrogen-bond acceptors (Lipinski definition) is 2. The summed E-state index contributed by atoms with van der Waals surface area (Å²) in [5.41, 5.74) is 0. The van der Waals surface area contributed by atoms with Gasteiger partial charge in [-0.05, 0) is 0 Å². The van der Waals surface area contributed by atoms with Gasteiger partial charge in [0.15, 0.2) is 0 Å². The fraction of sp³-hybridized carbons (Fsp3) is 1.00. The first-order valence-electron chi connectivity index (χ1n) is 0.812. The molecule has 0 aliphatic heterocycles. The predicted octanol–water partition coefficient (Wildman–Crippen LogP) is 0.0712. The highest BCUT2D eigenvalue weighted by molar-refractivity contribution is 7.71. The van der Waals surface area contributed by atoms with Crippen LogP contribution in [0, 0.1) is 0 Å². The van der Waals surface area contributed by atoms with E-state index in [0.29, 0.717) is 0 Å². The molecule has 0 aliphatic carbocycles. The van der Waals surface area contributed by atoms with E-state index >= 15 is 0 Å². The average molecular weight is 153 g/mol. The van der Waals surface area contributed by atoms with Crippen molar-refractivity contribution in [1.82, 2.24) is 0 Å². The van der Waals surface area contributed by atoms with Crippen LogP contribution in [-0.4, -0.2) is 14.7 Å². The van der Waals surface area contributed by atoms with E-state index in [4.69, 9.17) is 8.42 Å². The van der Waals surface area contributed by atoms with E-state index in [9.17, 15) is 0 Å². The molecule has 6 heavy (non-hydrogen) atoms. The Morgan fingerprint density at radius 1 is 1.17 bits per heavy atom. The molecule has 5 heteroatoms. The fourth-order valence-corrected chi connectivity index (χ4v) is 0. The van der Waals surface area contributed by atoms with Gasteiger partial charge < -0.3 is 0 Å². The Labute approximate surface area is 50.7 Å². The molecule has 0 amide bonds. The van der Waals surface area contributed by atoms with Crippen LogP contribution < -0.4 is 0 Å². The first-order chi connectivity index (χ1) is 1.73. The molecule has 0 fully saturated rings. The number of halogens is 2. The van der Waals surface area contributed by atoms with Gasteiger partial charge in [0, 0.05) is 6.26 Å². The third-order valence-corrected chi connectivity index (χ3v) is 0. The zero-order valence-corrected chi connectivity index (χ0v) is 5.61. The van der Waals surface area contributed by atoms with Gasteiger partial charge in [-0.2, -0.15) is 0 Å². The molecule has 0 aromatic heterocycles. The van der Waals surface area contributed by atoms with Crippen molar-refractivity contribution >= 4 is 35.5 Å². The second-order valence-electron chi connectivity index (χ2n) is 0.440. The Morgan fingerprint density at radius 2 is 1.17 bits per heavy atom. The zero-order chi connectivity index (χ0) is 3.58. The highest BCUT2D eigenvalue weighted by Gasteiger charge is 1.44. The smallest absolute Gasteiger partial charge is 0.137 e. The van der Waals surface area contributed by atoms with Crippen molar-refractivity contribution in [1.29, 1.82) is 0 Å². The molecule has 0 saturated heterocycles. The summed E-state index contributed by atoms with van der Waals surface area (Å²) in [5, 5.41) is 0. The molecule has 0 N–H and O–H groups in total. The summed E-state index contributed by atoms with van der Waals surface area (Å²) in [5.74, 6) is 0. The Hall–Kier alpha value is 0.530. The van der Waals surface area contributed by atoms with Crippen molar-refractivity contribution < 1.29 is 8.42 Å². The Bertz CT molecular complexity index is 59.9. The van der Waals surface area contributed by atoms with Crippen molar-refractivity contribution in [3.8, 4) is 0 Å². The Kier molecular flexibility index (Phi) is 24.3. The van der Waals surface area contributed by atoms with Crippen molar-refractivity contribution in [2.45, 2.75) is 0 Å². The quantitative estimate of drug-likeness (QED) is 0.499. The van der Waals surface area contributed by atoms with E-state index in [-0.39, 0.29) is 24.8 Å². The summed E-state index contributed by atoms with van der Waals surface area (Å²) < 4.78 is 18.1. The van der Waals surface area contributed by atoms with Crippen LogP contribution >= 0.6 is 24.8 Å². The maximum absolute atomic E-state index is 9.04. The molecule has 0 aliphatic rings. The molecular weight excluding hydrogens is 147 g/mol. The van der Waals surface area contributed by atoms with E-state index in [1.807, 2.05) is 0 Å². The van der Waals surface area contributed by atoms with E-state index in [0.717, 1.165) is 6.26 Å². The third kappa shape index (κ3) is 201. The number of hydrogen-bond donors (Lipinski definition) is 1. The van der Waals surface area contributed by atoms with Gasteiger partial charge in [0.2, 0.25) is 0 Å². The first-order valence-corrected chi connectivity index (χ1v) is 2.44. The molecule has 0 unspecified atom stereocenters. The summed E-state index contributed by atoms with van der Waals surface area (Å²) in [7, 11) is -2.12. The maximum atomic E-state index is 9.04. The molecule has 2 nitrogen and oxygen atoms in total. The monoisotopic (exact) mass is 152 g/mol. The molecule has 0 heterocycles. The molecule has 0 atom stereocenters. The first kappa shape index (κ1) is 16.0. The second-order valence-corrected chi connectivity index (χ2v) is 1.32. The number of rotatable bonds is 0. The van der Waals surface area contributed by atoms with Gasteiger partial charge in [0.1, 0.15) is 10.7 Å². The van der Waals surface area contributed by atoms with Gasteiger partial charge in [-0.15, -0.1) is 24.8 Å². The Morgan fingerprint density at radius 3 is 1.17 bits per heavy atom. The van der Waals surface area contributed by atoms with E-state index in [1.54, 1.807) is 0 Å². The van der Waals surface area contributed by atoms with Gasteiger partial charge in [-0.3, -0.25) is 0 Å². The van der Waals surface area contributed by atoms with Crippen molar-refractivity contribution in [3.63, 3.8) is 0 Å². The van der Waals surface area contributed by atoms with E-state index < -0.39 is 10.7 Å². The molecule has 0 aromatic rings. The van der Waals surface area contributed by atoms with Crippen molar-refractivity contribution in [2.75, 3.05) is 6.26 Å². The van der Waals surface area contributed by atoms with Crippen LogP contribution in [0.15, 0.2) is 0 Å². The van der Waals surface area contributed by atoms with Crippen LogP contribution in [0.25, 0.3) is 0 Å². The minimum absolute atomic E-state index is 0. The predicted molar refractivity (Wildman–Crippen MR) is 30.7 cm³/mol. The lowest BCUT2D eigenvalue weighted by atomic mass is 12.0. The lowest BCUT2D eigenvalue weighted by Crippen LogP contribution is -1.56. The maximum Gasteiger partial charge on any atom is 0.137 e. The van der Waals surface area contributed by atoms with Crippen LogP contribution in [0.1, 0.15) is 0 Å². The minimum Gasteiger partial charge on any atom is -0.232 e. The Balaban J connectivity index is -0.0000000450. The molecule has 0 spiro atoms. The van der Waals surface area contributed by atoms with Crippen LogP contribution in [0.4, 0.5) is 0 Å². The van der Waals surface area contributed by atoms with Gasteiger partial charge >= 0.3 is 0 Å². The summed E-state index contributed by atoms with van der Waals surface area (Å²) in [6.07, 6.45) is 1.12. The highest BCUT2D eigenvalue weighted by Crippen LogP contribution is 1.29. The highest BCUT2D eigenvalue weighted by atomic mass is 35.5. The topological polar surface area (TPSA) is 34.1 Å². The molecule has 0 aromatic carbocycles. The van der Waals surface area contributed by atoms with Crippen LogP contribution in [0.3, 0.4) is 0 Å². The van der Waals surface area contributed by atoms with Crippen molar-refractivity contribution in [3.05, 3.63) is 0 Å². The standard InChI is InChI=1S/CH4O2S.2ClH/c1-4(2)3;;/h4H,1H3;2*1H. The molecule has 0 bridgehead atoms. The molecular formula is CH6Cl2O2S. The average Bonchev–Trinajstić information content (AvgIpc) is 0.811. The fourth-order valence-electron chi connectivity index (χ4n) is 0. The van der Waals surface area contributed by atoms with E-state index in [2.05, 4.69) is 0 Å². The summed E-state index contributed by atoms with van der Waals surface area (Å²) in [6, 6.07) is 0. The third-order valence-electron chi connectivity index (χ3n) is 0. The van der Waals surface area contributed by atoms with E-state index in [1.165, 1.54) is 0 Å². The number of thiol groups is 1. The van der Waals surface area contributed by atoms with Gasteiger partial charge in [-0.25, -0.2) is 8.42 Å². The zero-order valence-electron chi connectivity index (χ0n) is 3.08. The molecule has 42 valence electrons. The lowest BCUT2D eigenvalue weighted by molar-refractivity contribution is 0.619. The summed E-state index contributed by atoms with van der Waals surface area (Å²) in [4.78, 5) is 0. The van der Waals surface area contributed by atoms with Crippen LogP contribution in [0.5, 0.6) is 0 Å². The van der Waals surface area contributed by atoms with Crippen LogP contribution in [-0.2, 0) is 10.7 Å². The lowest BCUT2D eigenvalue weighted by Gasteiger charge is -1.41. The summed E-state index contributed by atoms with van der Waals surface area (Å²) in [6.45, 7) is 0. The van der Waals surface area contributed by atoms with Crippen molar-refractivity contribution in [2.24, 2.45) is 0 Å². The second kappa shape index (κ2) is 9.11.